The Morgan fingerprint density at radius 2 is 1.88 bits per heavy atom. The van der Waals surface area contributed by atoms with Gasteiger partial charge in [0.15, 0.2) is 0 Å². The number of morpholine rings is 1. The van der Waals surface area contributed by atoms with E-state index in [4.69, 9.17) is 4.74 Å². The molecule has 1 saturated heterocycles. The molecule has 3 rings (SSSR count). The third kappa shape index (κ3) is 2.12. The van der Waals surface area contributed by atoms with Crippen LogP contribution >= 0.6 is 0 Å². The molecule has 0 atom stereocenters. The number of aromatic amines is 1. The molecule has 3 heterocycles. The van der Waals surface area contributed by atoms with Gasteiger partial charge in [-0.15, -0.1) is 0 Å². The first-order valence-electron chi connectivity index (χ1n) is 5.58. The molecule has 0 saturated carbocycles. The normalized spacial score (nSPS) is 16.1. The van der Waals surface area contributed by atoms with Crippen molar-refractivity contribution in [3.63, 3.8) is 0 Å². The molecule has 1 N–H and O–H groups in total. The molecule has 2 aromatic heterocycles. The number of nitrogens with zero attached hydrogens (tertiary/aromatic N) is 4. The Bertz CT molecular complexity index is 461. The van der Waals surface area contributed by atoms with Crippen molar-refractivity contribution in [1.82, 2.24) is 19.9 Å². The van der Waals surface area contributed by atoms with Crippen LogP contribution in [0.25, 0.3) is 11.4 Å². The number of rotatable bonds is 2. The molecule has 0 bridgehead atoms. The molecule has 2 aromatic rings. The molecular formula is C11H13N5O. The fraction of sp³-hybridized carbons (Fsp3) is 0.364. The maximum Gasteiger partial charge on any atom is 0.225 e. The minimum Gasteiger partial charge on any atom is -0.378 e. The van der Waals surface area contributed by atoms with E-state index in [-0.39, 0.29) is 0 Å². The predicted molar refractivity (Wildman–Crippen MR) is 62.6 cm³/mol. The van der Waals surface area contributed by atoms with E-state index in [0.717, 1.165) is 43.6 Å². The van der Waals surface area contributed by atoms with Crippen molar-refractivity contribution in [2.75, 3.05) is 31.2 Å². The highest BCUT2D eigenvalue weighted by atomic mass is 16.5. The number of ether oxygens (including phenoxy) is 1. The van der Waals surface area contributed by atoms with Gasteiger partial charge in [0.2, 0.25) is 5.95 Å². The van der Waals surface area contributed by atoms with Crippen molar-refractivity contribution >= 4 is 5.95 Å². The number of anilines is 1. The summed E-state index contributed by atoms with van der Waals surface area (Å²) in [5, 5.41) is 0. The molecule has 1 aliphatic heterocycles. The second-order valence-corrected chi connectivity index (χ2v) is 3.81. The zero-order valence-electron chi connectivity index (χ0n) is 9.33. The first kappa shape index (κ1) is 10.2. The maximum atomic E-state index is 5.29. The zero-order chi connectivity index (χ0) is 11.5. The Hall–Kier alpha value is -1.95. The highest BCUT2D eigenvalue weighted by molar-refractivity contribution is 5.52. The van der Waals surface area contributed by atoms with Crippen LogP contribution in [0.1, 0.15) is 0 Å². The van der Waals surface area contributed by atoms with Gasteiger partial charge in [0.1, 0.15) is 5.82 Å². The van der Waals surface area contributed by atoms with E-state index in [2.05, 4.69) is 24.8 Å². The van der Waals surface area contributed by atoms with Crippen LogP contribution in [0.4, 0.5) is 5.95 Å². The van der Waals surface area contributed by atoms with Crippen LogP contribution in [0.2, 0.25) is 0 Å². The summed E-state index contributed by atoms with van der Waals surface area (Å²) in [4.78, 5) is 18.0. The van der Waals surface area contributed by atoms with E-state index in [1.165, 1.54) is 0 Å². The molecule has 88 valence electrons. The molecule has 6 nitrogen and oxygen atoms in total. The summed E-state index contributed by atoms with van der Waals surface area (Å²) in [6.07, 6.45) is 7.07. The van der Waals surface area contributed by atoms with Crippen molar-refractivity contribution < 1.29 is 4.74 Å². The Morgan fingerprint density at radius 1 is 1.12 bits per heavy atom. The number of hydrogen-bond donors (Lipinski definition) is 1. The highest BCUT2D eigenvalue weighted by Crippen LogP contribution is 2.15. The molecule has 0 unspecified atom stereocenters. The standard InChI is InChI=1S/C11H13N5O/c1-2-13-10(12-1)9-7-14-11(15-8-9)16-3-5-17-6-4-16/h1-2,7-8H,3-6H2,(H,12,13). The number of hydrogen-bond acceptors (Lipinski definition) is 5. The first-order valence-corrected chi connectivity index (χ1v) is 5.58. The van der Waals surface area contributed by atoms with Gasteiger partial charge in [-0.1, -0.05) is 0 Å². The molecule has 0 aliphatic carbocycles. The van der Waals surface area contributed by atoms with Gasteiger partial charge in [0.25, 0.3) is 0 Å². The third-order valence-electron chi connectivity index (χ3n) is 2.70. The minimum atomic E-state index is 0.739. The predicted octanol–water partition coefficient (Wildman–Crippen LogP) is 0.703. The van der Waals surface area contributed by atoms with E-state index >= 15 is 0 Å². The van der Waals surface area contributed by atoms with E-state index in [1.807, 2.05) is 0 Å². The molecule has 0 aromatic carbocycles. The molecule has 1 aliphatic rings. The van der Waals surface area contributed by atoms with Gasteiger partial charge in [-0.05, 0) is 0 Å². The quantitative estimate of drug-likeness (QED) is 0.824. The zero-order valence-corrected chi connectivity index (χ0v) is 9.33. The molecule has 1 fully saturated rings. The number of imidazole rings is 1. The number of H-pyrrole nitrogens is 1. The topological polar surface area (TPSA) is 66.9 Å². The van der Waals surface area contributed by atoms with E-state index in [0.29, 0.717) is 0 Å². The molecule has 17 heavy (non-hydrogen) atoms. The molecule has 0 spiro atoms. The Labute approximate surface area is 98.7 Å². The molecule has 0 radical (unpaired) electrons. The van der Waals surface area contributed by atoms with Gasteiger partial charge < -0.3 is 14.6 Å². The van der Waals surface area contributed by atoms with Gasteiger partial charge in [0, 0.05) is 37.9 Å². The van der Waals surface area contributed by atoms with Gasteiger partial charge in [-0.3, -0.25) is 0 Å². The lowest BCUT2D eigenvalue weighted by Gasteiger charge is -2.26. The maximum absolute atomic E-state index is 5.29. The lowest BCUT2D eigenvalue weighted by Crippen LogP contribution is -2.37. The van der Waals surface area contributed by atoms with Crippen LogP contribution in [0.15, 0.2) is 24.8 Å². The van der Waals surface area contributed by atoms with Crippen molar-refractivity contribution in [3.05, 3.63) is 24.8 Å². The van der Waals surface area contributed by atoms with Crippen molar-refractivity contribution in [1.29, 1.82) is 0 Å². The van der Waals surface area contributed by atoms with Crippen LogP contribution in [-0.2, 0) is 4.74 Å². The SMILES string of the molecule is c1c[nH]c(-c2cnc(N3CCOCC3)nc2)n1. The fourth-order valence-corrected chi connectivity index (χ4v) is 1.79. The van der Waals surface area contributed by atoms with Crippen molar-refractivity contribution in [2.24, 2.45) is 0 Å². The van der Waals surface area contributed by atoms with Crippen molar-refractivity contribution in [2.45, 2.75) is 0 Å². The Balaban J connectivity index is 1.80. The second kappa shape index (κ2) is 4.50. The van der Waals surface area contributed by atoms with Crippen LogP contribution in [0, 0.1) is 0 Å². The molecule has 6 heteroatoms. The van der Waals surface area contributed by atoms with Gasteiger partial charge >= 0.3 is 0 Å². The van der Waals surface area contributed by atoms with Crippen LogP contribution < -0.4 is 4.90 Å². The molecular weight excluding hydrogens is 218 g/mol. The second-order valence-electron chi connectivity index (χ2n) is 3.81. The van der Waals surface area contributed by atoms with Crippen LogP contribution in [0.3, 0.4) is 0 Å². The average Bonchev–Trinajstić information content (AvgIpc) is 2.94. The van der Waals surface area contributed by atoms with Crippen LogP contribution in [0.5, 0.6) is 0 Å². The third-order valence-corrected chi connectivity index (χ3v) is 2.70. The largest absolute Gasteiger partial charge is 0.378 e. The Kier molecular flexibility index (Phi) is 2.71. The van der Waals surface area contributed by atoms with E-state index < -0.39 is 0 Å². The summed E-state index contributed by atoms with van der Waals surface area (Å²) < 4.78 is 5.29. The van der Waals surface area contributed by atoms with Gasteiger partial charge in [0.05, 0.1) is 18.8 Å². The molecule has 0 amide bonds. The number of nitrogens with one attached hydrogen (secondary N) is 1. The first-order chi connectivity index (χ1) is 8.43. The fourth-order valence-electron chi connectivity index (χ4n) is 1.79. The summed E-state index contributed by atoms with van der Waals surface area (Å²) in [6, 6.07) is 0. The highest BCUT2D eigenvalue weighted by Gasteiger charge is 2.13. The monoisotopic (exact) mass is 231 g/mol. The van der Waals surface area contributed by atoms with Crippen molar-refractivity contribution in [3.8, 4) is 11.4 Å². The summed E-state index contributed by atoms with van der Waals surface area (Å²) >= 11 is 0. The average molecular weight is 231 g/mol. The minimum absolute atomic E-state index is 0.739. The lowest BCUT2D eigenvalue weighted by atomic mass is 10.3. The lowest BCUT2D eigenvalue weighted by molar-refractivity contribution is 0.122. The Morgan fingerprint density at radius 3 is 2.53 bits per heavy atom. The summed E-state index contributed by atoms with van der Waals surface area (Å²) in [6.45, 7) is 3.17. The van der Waals surface area contributed by atoms with Crippen LogP contribution in [-0.4, -0.2) is 46.2 Å². The summed E-state index contributed by atoms with van der Waals surface area (Å²) in [7, 11) is 0. The summed E-state index contributed by atoms with van der Waals surface area (Å²) in [5.41, 5.74) is 0.895. The number of aromatic nitrogens is 4. The summed E-state index contributed by atoms with van der Waals surface area (Å²) in [5.74, 6) is 1.54. The van der Waals surface area contributed by atoms with Gasteiger partial charge in [-0.25, -0.2) is 15.0 Å². The van der Waals surface area contributed by atoms with E-state index in [1.54, 1.807) is 24.8 Å². The smallest absolute Gasteiger partial charge is 0.225 e. The van der Waals surface area contributed by atoms with Gasteiger partial charge in [-0.2, -0.15) is 0 Å². The van der Waals surface area contributed by atoms with E-state index in [9.17, 15) is 0 Å².